The third-order valence-corrected chi connectivity index (χ3v) is 3.56. The van der Waals surface area contributed by atoms with Gasteiger partial charge in [0.25, 0.3) is 0 Å². The number of unbranched alkanes of at least 4 members (excludes halogenated alkanes) is 3. The van der Waals surface area contributed by atoms with Gasteiger partial charge < -0.3 is 4.90 Å². The fourth-order valence-electron chi connectivity index (χ4n) is 2.65. The number of hydrogen-bond donors (Lipinski definition) is 0. The van der Waals surface area contributed by atoms with E-state index in [2.05, 4.69) is 18.7 Å². The van der Waals surface area contributed by atoms with Crippen LogP contribution in [-0.2, 0) is 4.79 Å². The molecule has 0 radical (unpaired) electrons. The Morgan fingerprint density at radius 2 is 1.94 bits per heavy atom. The zero-order valence-electron chi connectivity index (χ0n) is 11.0. The van der Waals surface area contributed by atoms with Crippen LogP contribution < -0.4 is 0 Å². The minimum atomic E-state index is 0.397. The highest BCUT2D eigenvalue weighted by atomic mass is 16.2. The van der Waals surface area contributed by atoms with Crippen molar-refractivity contribution in [1.82, 2.24) is 4.90 Å². The van der Waals surface area contributed by atoms with Gasteiger partial charge in [0.15, 0.2) is 0 Å². The summed E-state index contributed by atoms with van der Waals surface area (Å²) in [7, 11) is 0. The maximum Gasteiger partial charge on any atom is 0.222 e. The van der Waals surface area contributed by atoms with E-state index < -0.39 is 0 Å². The molecule has 0 bridgehead atoms. The van der Waals surface area contributed by atoms with E-state index in [1.54, 1.807) is 0 Å². The van der Waals surface area contributed by atoms with Gasteiger partial charge in [-0.15, -0.1) is 0 Å². The van der Waals surface area contributed by atoms with Gasteiger partial charge in [-0.05, 0) is 19.3 Å². The molecule has 16 heavy (non-hydrogen) atoms. The molecular formula is C14H27NO. The molecule has 0 aromatic rings. The van der Waals surface area contributed by atoms with Gasteiger partial charge in [0.05, 0.1) is 0 Å². The van der Waals surface area contributed by atoms with Crippen molar-refractivity contribution < 1.29 is 4.79 Å². The van der Waals surface area contributed by atoms with Crippen LogP contribution in [0.5, 0.6) is 0 Å². The first-order chi connectivity index (χ1) is 7.79. The van der Waals surface area contributed by atoms with E-state index in [1.165, 1.54) is 44.9 Å². The minimum absolute atomic E-state index is 0.397. The Labute approximate surface area is 100 Å². The number of amides is 1. The second kappa shape index (κ2) is 7.70. The van der Waals surface area contributed by atoms with E-state index >= 15 is 0 Å². The number of nitrogens with zero attached hydrogens (tertiary/aromatic N) is 1. The highest BCUT2D eigenvalue weighted by Crippen LogP contribution is 2.21. The van der Waals surface area contributed by atoms with Gasteiger partial charge in [0.2, 0.25) is 5.91 Å². The SMILES string of the molecule is CCCCCCC(CCC)N1CCCC1=O. The van der Waals surface area contributed by atoms with Crippen LogP contribution in [0.3, 0.4) is 0 Å². The van der Waals surface area contributed by atoms with Crippen LogP contribution in [0, 0.1) is 0 Å². The topological polar surface area (TPSA) is 20.3 Å². The molecule has 0 saturated carbocycles. The standard InChI is InChI=1S/C14H27NO/c1-3-5-6-7-10-13(9-4-2)15-12-8-11-14(15)16/h13H,3-12H2,1-2H3. The van der Waals surface area contributed by atoms with E-state index in [0.29, 0.717) is 11.9 Å². The average molecular weight is 225 g/mol. The summed E-state index contributed by atoms with van der Waals surface area (Å²) in [5.41, 5.74) is 0. The Morgan fingerprint density at radius 3 is 2.50 bits per heavy atom. The Kier molecular flexibility index (Phi) is 6.51. The third kappa shape index (κ3) is 4.15. The lowest BCUT2D eigenvalue weighted by atomic mass is 10.0. The lowest BCUT2D eigenvalue weighted by Crippen LogP contribution is -2.36. The summed E-state index contributed by atoms with van der Waals surface area (Å²) < 4.78 is 0. The normalized spacial score (nSPS) is 18.1. The molecule has 0 spiro atoms. The predicted octanol–water partition coefficient (Wildman–Crippen LogP) is 3.75. The third-order valence-electron chi connectivity index (χ3n) is 3.56. The van der Waals surface area contributed by atoms with Crippen LogP contribution >= 0.6 is 0 Å². The summed E-state index contributed by atoms with van der Waals surface area (Å²) in [4.78, 5) is 13.9. The first kappa shape index (κ1) is 13.5. The maximum absolute atomic E-state index is 11.7. The second-order valence-electron chi connectivity index (χ2n) is 4.98. The molecule has 1 amide bonds. The van der Waals surface area contributed by atoms with Crippen molar-refractivity contribution in [3.8, 4) is 0 Å². The van der Waals surface area contributed by atoms with Crippen molar-refractivity contribution in [2.45, 2.75) is 77.7 Å². The quantitative estimate of drug-likeness (QED) is 0.576. The van der Waals surface area contributed by atoms with Crippen LogP contribution in [0.25, 0.3) is 0 Å². The Balaban J connectivity index is 2.31. The molecule has 1 fully saturated rings. The summed E-state index contributed by atoms with van der Waals surface area (Å²) in [6.45, 7) is 5.48. The van der Waals surface area contributed by atoms with Crippen molar-refractivity contribution in [3.63, 3.8) is 0 Å². The number of carbonyl (C=O) groups excluding carboxylic acids is 1. The molecule has 0 N–H and O–H groups in total. The van der Waals surface area contributed by atoms with Gasteiger partial charge in [-0.3, -0.25) is 4.79 Å². The molecule has 0 aromatic heterocycles. The highest BCUT2D eigenvalue weighted by molar-refractivity contribution is 5.78. The van der Waals surface area contributed by atoms with Gasteiger partial charge >= 0.3 is 0 Å². The summed E-state index contributed by atoms with van der Waals surface area (Å²) in [5.74, 6) is 0.397. The van der Waals surface area contributed by atoms with E-state index in [-0.39, 0.29) is 0 Å². The average Bonchev–Trinajstić information content (AvgIpc) is 2.69. The van der Waals surface area contributed by atoms with Gasteiger partial charge in [0, 0.05) is 19.0 Å². The van der Waals surface area contributed by atoms with Crippen molar-refractivity contribution >= 4 is 5.91 Å². The fraction of sp³-hybridized carbons (Fsp3) is 0.929. The molecule has 2 nitrogen and oxygen atoms in total. The molecule has 94 valence electrons. The number of rotatable bonds is 8. The second-order valence-corrected chi connectivity index (χ2v) is 4.98. The summed E-state index contributed by atoms with van der Waals surface area (Å²) in [6.07, 6.45) is 10.7. The molecule has 1 aliphatic heterocycles. The molecule has 1 unspecified atom stereocenters. The monoisotopic (exact) mass is 225 g/mol. The molecule has 1 heterocycles. The van der Waals surface area contributed by atoms with Crippen LogP contribution in [0.2, 0.25) is 0 Å². The zero-order valence-corrected chi connectivity index (χ0v) is 11.0. The molecule has 0 aromatic carbocycles. The van der Waals surface area contributed by atoms with Crippen LogP contribution in [0.4, 0.5) is 0 Å². The number of likely N-dealkylation sites (tertiary alicyclic amines) is 1. The molecule has 2 heteroatoms. The summed E-state index contributed by atoms with van der Waals surface area (Å²) in [5, 5.41) is 0. The summed E-state index contributed by atoms with van der Waals surface area (Å²) >= 11 is 0. The first-order valence-corrected chi connectivity index (χ1v) is 7.09. The lowest BCUT2D eigenvalue weighted by molar-refractivity contribution is -0.129. The molecule has 1 aliphatic rings. The van der Waals surface area contributed by atoms with Gasteiger partial charge in [-0.2, -0.15) is 0 Å². The fourth-order valence-corrected chi connectivity index (χ4v) is 2.65. The molecular weight excluding hydrogens is 198 g/mol. The van der Waals surface area contributed by atoms with Crippen molar-refractivity contribution in [1.29, 1.82) is 0 Å². The Bertz CT molecular complexity index is 203. The van der Waals surface area contributed by atoms with E-state index in [1.807, 2.05) is 0 Å². The lowest BCUT2D eigenvalue weighted by Gasteiger charge is -2.27. The molecule has 0 aliphatic carbocycles. The van der Waals surface area contributed by atoms with Crippen molar-refractivity contribution in [2.24, 2.45) is 0 Å². The number of carbonyl (C=O) groups is 1. The highest BCUT2D eigenvalue weighted by Gasteiger charge is 2.26. The van der Waals surface area contributed by atoms with E-state index in [4.69, 9.17) is 0 Å². The van der Waals surface area contributed by atoms with E-state index in [9.17, 15) is 4.79 Å². The van der Waals surface area contributed by atoms with Crippen LogP contribution in [-0.4, -0.2) is 23.4 Å². The molecule has 1 saturated heterocycles. The molecule has 1 rings (SSSR count). The maximum atomic E-state index is 11.7. The number of hydrogen-bond acceptors (Lipinski definition) is 1. The largest absolute Gasteiger partial charge is 0.340 e. The van der Waals surface area contributed by atoms with Gasteiger partial charge in [-0.25, -0.2) is 0 Å². The minimum Gasteiger partial charge on any atom is -0.340 e. The smallest absolute Gasteiger partial charge is 0.222 e. The van der Waals surface area contributed by atoms with Crippen LogP contribution in [0.15, 0.2) is 0 Å². The summed E-state index contributed by atoms with van der Waals surface area (Å²) in [6, 6.07) is 0.539. The molecule has 1 atom stereocenters. The van der Waals surface area contributed by atoms with Crippen molar-refractivity contribution in [2.75, 3.05) is 6.54 Å². The zero-order chi connectivity index (χ0) is 11.8. The predicted molar refractivity (Wildman–Crippen MR) is 68.4 cm³/mol. The van der Waals surface area contributed by atoms with Gasteiger partial charge in [-0.1, -0.05) is 46.0 Å². The van der Waals surface area contributed by atoms with E-state index in [0.717, 1.165) is 19.4 Å². The van der Waals surface area contributed by atoms with Gasteiger partial charge in [0.1, 0.15) is 0 Å². The van der Waals surface area contributed by atoms with Crippen molar-refractivity contribution in [3.05, 3.63) is 0 Å². The Morgan fingerprint density at radius 1 is 1.12 bits per heavy atom. The van der Waals surface area contributed by atoms with Crippen LogP contribution in [0.1, 0.15) is 71.6 Å². The first-order valence-electron chi connectivity index (χ1n) is 7.09. The Hall–Kier alpha value is -0.530.